The molecule has 0 aliphatic carbocycles. The number of aliphatic carboxylic acids is 2. The second-order valence-corrected chi connectivity index (χ2v) is 5.32. The molecule has 0 fully saturated rings. The first-order valence-corrected chi connectivity index (χ1v) is 5.39. The van der Waals surface area contributed by atoms with Crippen molar-refractivity contribution < 1.29 is 19.8 Å². The Bertz CT molecular complexity index is 417. The van der Waals surface area contributed by atoms with E-state index >= 15 is 0 Å². The van der Waals surface area contributed by atoms with E-state index in [1.807, 2.05) is 0 Å². The minimum Gasteiger partial charge on any atom is -0.481 e. The van der Waals surface area contributed by atoms with E-state index < -0.39 is 34.6 Å². The zero-order valence-corrected chi connectivity index (χ0v) is 11.1. The number of carboxylic acids is 2. The van der Waals surface area contributed by atoms with Gasteiger partial charge < -0.3 is 10.2 Å². The number of hydrogen-bond donors (Lipinski definition) is 2. The highest BCUT2D eigenvalue weighted by Gasteiger charge is 2.60. The fourth-order valence-corrected chi connectivity index (χ4v) is 2.31. The van der Waals surface area contributed by atoms with E-state index in [4.69, 9.17) is 18.0 Å². The molecule has 4 heteroatoms. The Morgan fingerprint density at radius 2 is 1.33 bits per heavy atom. The second kappa shape index (κ2) is 4.74. The van der Waals surface area contributed by atoms with Crippen LogP contribution in [0.2, 0.25) is 0 Å². The first-order valence-electron chi connectivity index (χ1n) is 5.39. The summed E-state index contributed by atoms with van der Waals surface area (Å²) in [5, 5.41) is 18.6. The van der Waals surface area contributed by atoms with Crippen molar-refractivity contribution in [3.8, 4) is 24.7 Å². The van der Waals surface area contributed by atoms with Gasteiger partial charge in [0.1, 0.15) is 5.41 Å². The van der Waals surface area contributed by atoms with Gasteiger partial charge in [-0.1, -0.05) is 11.8 Å². The minimum absolute atomic E-state index is 0.628. The van der Waals surface area contributed by atoms with Crippen molar-refractivity contribution in [1.29, 1.82) is 0 Å². The standard InChI is InChI=1S/C14H18O4/c1-7-12(3,4)14(11(17)18,9-10(15)16)13(5,6)8-2/h1-2H,9H2,3-6H3,(H,15,16)(H,17,18). The molecule has 18 heavy (non-hydrogen) atoms. The summed E-state index contributed by atoms with van der Waals surface area (Å²) in [6, 6.07) is 0. The Kier molecular flexibility index (Phi) is 4.23. The lowest BCUT2D eigenvalue weighted by Gasteiger charge is -2.47. The maximum absolute atomic E-state index is 11.7. The quantitative estimate of drug-likeness (QED) is 0.730. The van der Waals surface area contributed by atoms with Gasteiger partial charge in [0.15, 0.2) is 0 Å². The lowest BCUT2D eigenvalue weighted by molar-refractivity contribution is -0.170. The van der Waals surface area contributed by atoms with Crippen molar-refractivity contribution >= 4 is 11.9 Å². The Morgan fingerprint density at radius 3 is 1.50 bits per heavy atom. The molecule has 0 rings (SSSR count). The molecule has 0 bridgehead atoms. The summed E-state index contributed by atoms with van der Waals surface area (Å²) in [5.41, 5.74) is -4.14. The van der Waals surface area contributed by atoms with E-state index in [2.05, 4.69) is 11.8 Å². The van der Waals surface area contributed by atoms with Crippen LogP contribution in [0.25, 0.3) is 0 Å². The third-order valence-corrected chi connectivity index (χ3v) is 3.64. The van der Waals surface area contributed by atoms with Crippen LogP contribution in [-0.4, -0.2) is 22.2 Å². The van der Waals surface area contributed by atoms with Crippen molar-refractivity contribution in [1.82, 2.24) is 0 Å². The summed E-state index contributed by atoms with van der Waals surface area (Å²) in [6.45, 7) is 6.07. The average Bonchev–Trinajstić information content (AvgIpc) is 2.24. The molecular weight excluding hydrogens is 232 g/mol. The van der Waals surface area contributed by atoms with E-state index in [1.165, 1.54) is 27.7 Å². The van der Waals surface area contributed by atoms with Crippen LogP contribution < -0.4 is 0 Å². The monoisotopic (exact) mass is 250 g/mol. The lowest BCUT2D eigenvalue weighted by Crippen LogP contribution is -2.54. The summed E-state index contributed by atoms with van der Waals surface area (Å²) in [5.74, 6) is 2.20. The predicted molar refractivity (Wildman–Crippen MR) is 67.5 cm³/mol. The fraction of sp³-hybridized carbons (Fsp3) is 0.571. The molecule has 0 atom stereocenters. The third-order valence-electron chi connectivity index (χ3n) is 3.64. The van der Waals surface area contributed by atoms with Crippen molar-refractivity contribution in [2.45, 2.75) is 34.1 Å². The van der Waals surface area contributed by atoms with Crippen LogP contribution in [0, 0.1) is 40.9 Å². The molecule has 0 saturated carbocycles. The van der Waals surface area contributed by atoms with E-state index in [1.54, 1.807) is 0 Å². The van der Waals surface area contributed by atoms with Crippen molar-refractivity contribution in [2.75, 3.05) is 0 Å². The summed E-state index contributed by atoms with van der Waals surface area (Å²) in [4.78, 5) is 22.8. The molecule has 0 heterocycles. The molecule has 0 aliphatic heterocycles. The number of carbonyl (C=O) groups is 2. The lowest BCUT2D eigenvalue weighted by atomic mass is 9.52. The Hall–Kier alpha value is -1.94. The van der Waals surface area contributed by atoms with Gasteiger partial charge in [-0.25, -0.2) is 0 Å². The van der Waals surface area contributed by atoms with Crippen LogP contribution in [0.1, 0.15) is 34.1 Å². The normalized spacial score (nSPS) is 12.3. The fourth-order valence-electron chi connectivity index (χ4n) is 2.31. The van der Waals surface area contributed by atoms with Gasteiger partial charge in [-0.05, 0) is 27.7 Å². The molecule has 98 valence electrons. The maximum Gasteiger partial charge on any atom is 0.313 e. The van der Waals surface area contributed by atoms with Gasteiger partial charge in [0.05, 0.1) is 6.42 Å². The zero-order valence-electron chi connectivity index (χ0n) is 11.1. The van der Waals surface area contributed by atoms with Gasteiger partial charge in [0, 0.05) is 10.8 Å². The maximum atomic E-state index is 11.7. The molecule has 0 amide bonds. The van der Waals surface area contributed by atoms with E-state index in [0.717, 1.165) is 0 Å². The van der Waals surface area contributed by atoms with E-state index in [-0.39, 0.29) is 0 Å². The molecular formula is C14H18O4. The highest BCUT2D eigenvalue weighted by Crippen LogP contribution is 2.54. The van der Waals surface area contributed by atoms with Crippen LogP contribution in [0.15, 0.2) is 0 Å². The van der Waals surface area contributed by atoms with Crippen LogP contribution >= 0.6 is 0 Å². The zero-order chi connectivity index (χ0) is 14.8. The van der Waals surface area contributed by atoms with Crippen LogP contribution in [0.4, 0.5) is 0 Å². The van der Waals surface area contributed by atoms with Crippen LogP contribution in [0.5, 0.6) is 0 Å². The minimum atomic E-state index is -1.74. The van der Waals surface area contributed by atoms with Crippen molar-refractivity contribution in [2.24, 2.45) is 16.2 Å². The van der Waals surface area contributed by atoms with Gasteiger partial charge in [-0.15, -0.1) is 12.8 Å². The van der Waals surface area contributed by atoms with Gasteiger partial charge >= 0.3 is 11.9 Å². The largest absolute Gasteiger partial charge is 0.481 e. The van der Waals surface area contributed by atoms with E-state index in [9.17, 15) is 14.7 Å². The highest BCUT2D eigenvalue weighted by atomic mass is 16.4. The highest BCUT2D eigenvalue weighted by molar-refractivity contribution is 5.84. The molecule has 0 aromatic carbocycles. The van der Waals surface area contributed by atoms with Crippen molar-refractivity contribution in [3.63, 3.8) is 0 Å². The topological polar surface area (TPSA) is 74.6 Å². The first kappa shape index (κ1) is 16.1. The Labute approximate surface area is 107 Å². The third kappa shape index (κ3) is 2.19. The van der Waals surface area contributed by atoms with Crippen LogP contribution in [0.3, 0.4) is 0 Å². The average molecular weight is 250 g/mol. The predicted octanol–water partition coefficient (Wildman–Crippen LogP) is 1.85. The SMILES string of the molecule is C#CC(C)(C)C(CC(=O)O)(C(=O)O)C(C)(C)C#C. The molecule has 0 spiro atoms. The van der Waals surface area contributed by atoms with Gasteiger partial charge in [-0.3, -0.25) is 9.59 Å². The molecule has 2 N–H and O–H groups in total. The summed E-state index contributed by atoms with van der Waals surface area (Å²) in [6.07, 6.45) is 10.1. The van der Waals surface area contributed by atoms with Gasteiger partial charge in [0.25, 0.3) is 0 Å². The van der Waals surface area contributed by atoms with Crippen molar-refractivity contribution in [3.05, 3.63) is 0 Å². The Balaban J connectivity index is 6.30. The number of hydrogen-bond acceptors (Lipinski definition) is 2. The smallest absolute Gasteiger partial charge is 0.313 e. The summed E-state index contributed by atoms with van der Waals surface area (Å²) in [7, 11) is 0. The summed E-state index contributed by atoms with van der Waals surface area (Å²) >= 11 is 0. The van der Waals surface area contributed by atoms with Gasteiger partial charge in [-0.2, -0.15) is 0 Å². The molecule has 4 nitrogen and oxygen atoms in total. The molecule has 0 saturated heterocycles. The Morgan fingerprint density at radius 1 is 1.00 bits per heavy atom. The molecule has 0 radical (unpaired) electrons. The second-order valence-electron chi connectivity index (χ2n) is 5.32. The molecule has 0 aliphatic rings. The number of rotatable bonds is 5. The van der Waals surface area contributed by atoms with Crippen LogP contribution in [-0.2, 0) is 9.59 Å². The summed E-state index contributed by atoms with van der Waals surface area (Å²) < 4.78 is 0. The number of carboxylic acid groups (broad SMARTS) is 2. The molecule has 0 aromatic rings. The molecule has 0 aromatic heterocycles. The van der Waals surface area contributed by atoms with Gasteiger partial charge in [0.2, 0.25) is 0 Å². The molecule has 0 unspecified atom stereocenters. The number of terminal acetylenes is 2. The first-order chi connectivity index (χ1) is 7.98. The van der Waals surface area contributed by atoms with E-state index in [0.29, 0.717) is 0 Å².